The number of ether oxygens (including phenoxy) is 1. The third-order valence-electron chi connectivity index (χ3n) is 2.21. The molecule has 1 aliphatic heterocycles. The molecule has 0 saturated carbocycles. The molecule has 0 aromatic carbocycles. The summed E-state index contributed by atoms with van der Waals surface area (Å²) in [7, 11) is 1.31. The van der Waals surface area contributed by atoms with Gasteiger partial charge < -0.3 is 15.8 Å². The van der Waals surface area contributed by atoms with Gasteiger partial charge in [-0.05, 0) is 19.4 Å². The van der Waals surface area contributed by atoms with Crippen molar-refractivity contribution < 1.29 is 14.3 Å². The van der Waals surface area contributed by atoms with E-state index in [0.717, 1.165) is 6.42 Å². The molecule has 13 heavy (non-hydrogen) atoms. The summed E-state index contributed by atoms with van der Waals surface area (Å²) in [6, 6.07) is -0.455. The smallest absolute Gasteiger partial charge is 0.329 e. The number of amides is 1. The molecule has 3 N–H and O–H groups in total. The first-order valence-electron chi connectivity index (χ1n) is 4.29. The molecule has 1 heterocycles. The number of rotatable bonds is 4. The Morgan fingerprint density at radius 1 is 1.69 bits per heavy atom. The number of nitrogens with one attached hydrogen (secondary N) is 1. The van der Waals surface area contributed by atoms with Crippen molar-refractivity contribution in [1.82, 2.24) is 5.32 Å². The lowest BCUT2D eigenvalue weighted by atomic mass is 9.86. The SMILES string of the molecule is COC(=O)[C@@H]1NC(=O)[C@H]1CCCN. The summed E-state index contributed by atoms with van der Waals surface area (Å²) in [4.78, 5) is 22.1. The molecule has 2 atom stereocenters. The molecule has 5 nitrogen and oxygen atoms in total. The number of carbonyl (C=O) groups excluding carboxylic acids is 2. The Hall–Kier alpha value is -1.10. The molecule has 0 spiro atoms. The summed E-state index contributed by atoms with van der Waals surface area (Å²) in [6.07, 6.45) is 1.41. The maximum absolute atomic E-state index is 11.0. The average molecular weight is 186 g/mol. The zero-order valence-corrected chi connectivity index (χ0v) is 7.58. The van der Waals surface area contributed by atoms with Crippen LogP contribution in [-0.4, -0.2) is 31.6 Å². The van der Waals surface area contributed by atoms with Crippen LogP contribution in [0.15, 0.2) is 0 Å². The van der Waals surface area contributed by atoms with E-state index in [2.05, 4.69) is 10.1 Å². The highest BCUT2D eigenvalue weighted by Crippen LogP contribution is 2.21. The fourth-order valence-electron chi connectivity index (χ4n) is 1.40. The highest BCUT2D eigenvalue weighted by Gasteiger charge is 2.43. The van der Waals surface area contributed by atoms with Crippen LogP contribution in [0.25, 0.3) is 0 Å². The van der Waals surface area contributed by atoms with Crippen molar-refractivity contribution in [2.24, 2.45) is 11.7 Å². The minimum absolute atomic E-state index is 0.0798. The van der Waals surface area contributed by atoms with Crippen molar-refractivity contribution in [3.8, 4) is 0 Å². The number of carbonyl (C=O) groups is 2. The van der Waals surface area contributed by atoms with Crippen LogP contribution in [-0.2, 0) is 14.3 Å². The monoisotopic (exact) mass is 186 g/mol. The van der Waals surface area contributed by atoms with E-state index in [9.17, 15) is 9.59 Å². The third-order valence-corrected chi connectivity index (χ3v) is 2.21. The van der Waals surface area contributed by atoms with Gasteiger partial charge in [-0.1, -0.05) is 0 Å². The quantitative estimate of drug-likeness (QED) is 0.436. The highest BCUT2D eigenvalue weighted by atomic mass is 16.5. The Bertz CT molecular complexity index is 217. The van der Waals surface area contributed by atoms with Crippen LogP contribution in [0.5, 0.6) is 0 Å². The molecule has 0 radical (unpaired) electrons. The van der Waals surface area contributed by atoms with Crippen LogP contribution in [0.2, 0.25) is 0 Å². The van der Waals surface area contributed by atoms with Crippen molar-refractivity contribution in [3.05, 3.63) is 0 Å². The van der Waals surface area contributed by atoms with Crippen molar-refractivity contribution in [2.45, 2.75) is 18.9 Å². The lowest BCUT2D eigenvalue weighted by Crippen LogP contribution is -2.62. The highest BCUT2D eigenvalue weighted by molar-refractivity contribution is 5.97. The zero-order valence-electron chi connectivity index (χ0n) is 7.58. The predicted molar refractivity (Wildman–Crippen MR) is 45.7 cm³/mol. The molecular formula is C8H14N2O3. The van der Waals surface area contributed by atoms with Crippen LogP contribution in [0.4, 0.5) is 0 Å². The summed E-state index contributed by atoms with van der Waals surface area (Å²) in [6.45, 7) is 0.539. The summed E-state index contributed by atoms with van der Waals surface area (Å²) in [5.74, 6) is -0.693. The second-order valence-electron chi connectivity index (χ2n) is 3.05. The Balaban J connectivity index is 2.41. The van der Waals surface area contributed by atoms with E-state index in [1.165, 1.54) is 7.11 Å². The van der Waals surface area contributed by atoms with Crippen LogP contribution in [0.1, 0.15) is 12.8 Å². The zero-order chi connectivity index (χ0) is 9.84. The summed E-state index contributed by atoms with van der Waals surface area (Å²) < 4.78 is 4.53. The van der Waals surface area contributed by atoms with Crippen LogP contribution in [0.3, 0.4) is 0 Å². The Kier molecular flexibility index (Phi) is 3.25. The second-order valence-corrected chi connectivity index (χ2v) is 3.05. The van der Waals surface area contributed by atoms with Crippen molar-refractivity contribution >= 4 is 11.9 Å². The van der Waals surface area contributed by atoms with E-state index < -0.39 is 6.04 Å². The summed E-state index contributed by atoms with van der Waals surface area (Å²) in [5.41, 5.74) is 5.31. The fourth-order valence-corrected chi connectivity index (χ4v) is 1.40. The number of methoxy groups -OCH3 is 1. The standard InChI is InChI=1S/C8H14N2O3/c1-13-8(12)6-5(3-2-4-9)7(11)10-6/h5-6H,2-4,9H2,1H3,(H,10,11)/t5-,6+/m0/s1. The van der Waals surface area contributed by atoms with Gasteiger partial charge in [0, 0.05) is 0 Å². The van der Waals surface area contributed by atoms with Gasteiger partial charge in [-0.2, -0.15) is 0 Å². The van der Waals surface area contributed by atoms with Crippen LogP contribution in [0, 0.1) is 5.92 Å². The first kappa shape index (κ1) is 9.98. The van der Waals surface area contributed by atoms with Gasteiger partial charge >= 0.3 is 5.97 Å². The predicted octanol–water partition coefficient (Wildman–Crippen LogP) is -0.987. The van der Waals surface area contributed by atoms with Crippen molar-refractivity contribution in [2.75, 3.05) is 13.7 Å². The molecule has 0 unspecified atom stereocenters. The minimum Gasteiger partial charge on any atom is -0.467 e. The van der Waals surface area contributed by atoms with Gasteiger partial charge in [0.2, 0.25) is 5.91 Å². The van der Waals surface area contributed by atoms with Gasteiger partial charge in [0.15, 0.2) is 0 Å². The molecule has 1 aliphatic rings. The molecule has 1 amide bonds. The Morgan fingerprint density at radius 2 is 2.38 bits per heavy atom. The molecule has 0 aromatic rings. The Morgan fingerprint density at radius 3 is 2.85 bits per heavy atom. The summed E-state index contributed by atoms with van der Waals surface area (Å²) in [5, 5.41) is 2.50. The van der Waals surface area contributed by atoms with E-state index in [-0.39, 0.29) is 17.8 Å². The fraction of sp³-hybridized carbons (Fsp3) is 0.750. The van der Waals surface area contributed by atoms with Crippen LogP contribution >= 0.6 is 0 Å². The van der Waals surface area contributed by atoms with Crippen LogP contribution < -0.4 is 11.1 Å². The molecule has 0 aliphatic carbocycles. The first-order valence-corrected chi connectivity index (χ1v) is 4.29. The number of esters is 1. The maximum Gasteiger partial charge on any atom is 0.329 e. The number of hydrogen-bond acceptors (Lipinski definition) is 4. The van der Waals surface area contributed by atoms with Gasteiger partial charge in [0.1, 0.15) is 6.04 Å². The number of hydrogen-bond donors (Lipinski definition) is 2. The van der Waals surface area contributed by atoms with E-state index in [0.29, 0.717) is 13.0 Å². The van der Waals surface area contributed by atoms with E-state index in [4.69, 9.17) is 5.73 Å². The molecule has 0 aromatic heterocycles. The van der Waals surface area contributed by atoms with Crippen molar-refractivity contribution in [3.63, 3.8) is 0 Å². The van der Waals surface area contributed by atoms with Gasteiger partial charge in [-0.25, -0.2) is 4.79 Å². The summed E-state index contributed by atoms with van der Waals surface area (Å²) >= 11 is 0. The maximum atomic E-state index is 11.0. The molecule has 74 valence electrons. The van der Waals surface area contributed by atoms with Crippen molar-refractivity contribution in [1.29, 1.82) is 0 Å². The third kappa shape index (κ3) is 1.98. The molecule has 0 bridgehead atoms. The molecule has 1 fully saturated rings. The second kappa shape index (κ2) is 4.23. The number of β-lactam (4-membered cyclic amide) rings is 1. The van der Waals surface area contributed by atoms with E-state index in [1.807, 2.05) is 0 Å². The van der Waals surface area contributed by atoms with E-state index >= 15 is 0 Å². The topological polar surface area (TPSA) is 81.4 Å². The van der Waals surface area contributed by atoms with Gasteiger partial charge in [-0.15, -0.1) is 0 Å². The number of nitrogens with two attached hydrogens (primary N) is 1. The first-order chi connectivity index (χ1) is 6.20. The lowest BCUT2D eigenvalue weighted by molar-refractivity contribution is -0.155. The molecular weight excluding hydrogens is 172 g/mol. The van der Waals surface area contributed by atoms with Gasteiger partial charge in [0.05, 0.1) is 13.0 Å². The average Bonchev–Trinajstić information content (AvgIpc) is 2.13. The minimum atomic E-state index is -0.455. The largest absolute Gasteiger partial charge is 0.467 e. The van der Waals surface area contributed by atoms with Gasteiger partial charge in [-0.3, -0.25) is 4.79 Å². The van der Waals surface area contributed by atoms with Gasteiger partial charge in [0.25, 0.3) is 0 Å². The normalized spacial score (nSPS) is 26.2. The molecule has 1 rings (SSSR count). The molecule has 5 heteroatoms. The lowest BCUT2D eigenvalue weighted by Gasteiger charge is -2.34. The van der Waals surface area contributed by atoms with E-state index in [1.54, 1.807) is 0 Å². The Labute approximate surface area is 76.6 Å². The molecule has 1 saturated heterocycles.